The van der Waals surface area contributed by atoms with E-state index in [0.29, 0.717) is 5.56 Å². The Morgan fingerprint density at radius 1 is 1.42 bits per heavy atom. The van der Waals surface area contributed by atoms with Crippen molar-refractivity contribution in [2.24, 2.45) is 0 Å². The van der Waals surface area contributed by atoms with Crippen LogP contribution in [0.5, 0.6) is 0 Å². The van der Waals surface area contributed by atoms with Crippen molar-refractivity contribution in [2.45, 2.75) is 24.2 Å². The van der Waals surface area contributed by atoms with Crippen LogP contribution in [-0.2, 0) is 20.0 Å². The molecule has 0 amide bonds. The smallest absolute Gasteiger partial charge is 0.313 e. The number of hydrogen-bond donors (Lipinski definition) is 1. The second-order valence-corrected chi connectivity index (χ2v) is 6.27. The maximum atomic E-state index is 11.9. The minimum Gasteiger partial charge on any atom is -0.481 e. The van der Waals surface area contributed by atoms with E-state index >= 15 is 0 Å². The third kappa shape index (κ3) is 3.20. The van der Waals surface area contributed by atoms with Crippen molar-refractivity contribution in [1.82, 2.24) is 0 Å². The molecule has 0 bridgehead atoms. The normalized spacial score (nSPS) is 12.3. The van der Waals surface area contributed by atoms with Crippen molar-refractivity contribution < 1.29 is 18.3 Å². The van der Waals surface area contributed by atoms with Gasteiger partial charge in [-0.2, -0.15) is 5.26 Å². The SMILES string of the molecule is CC(C)(C(=O)O)c1cccc(S(=O)(=O)C=CC#N)c1. The number of carboxylic acid groups (broad SMARTS) is 1. The monoisotopic (exact) mass is 279 g/mol. The summed E-state index contributed by atoms with van der Waals surface area (Å²) in [6.45, 7) is 2.98. The third-order valence-corrected chi connectivity index (χ3v) is 4.15. The van der Waals surface area contributed by atoms with E-state index in [9.17, 15) is 13.2 Å². The number of nitriles is 1. The lowest BCUT2D eigenvalue weighted by molar-refractivity contribution is -0.142. The van der Waals surface area contributed by atoms with Gasteiger partial charge in [0.15, 0.2) is 0 Å². The molecule has 0 atom stereocenters. The number of nitrogens with zero attached hydrogens (tertiary/aromatic N) is 1. The average Bonchev–Trinajstić information content (AvgIpc) is 2.36. The van der Waals surface area contributed by atoms with Crippen LogP contribution in [0.4, 0.5) is 0 Å². The van der Waals surface area contributed by atoms with Gasteiger partial charge in [0.05, 0.1) is 16.4 Å². The zero-order chi connectivity index (χ0) is 14.7. The number of carbonyl (C=O) groups is 1. The van der Waals surface area contributed by atoms with Gasteiger partial charge in [-0.25, -0.2) is 8.42 Å². The lowest BCUT2D eigenvalue weighted by Gasteiger charge is -2.20. The topological polar surface area (TPSA) is 95.2 Å². The third-order valence-electron chi connectivity index (χ3n) is 2.74. The Morgan fingerprint density at radius 3 is 2.58 bits per heavy atom. The predicted molar refractivity (Wildman–Crippen MR) is 69.0 cm³/mol. The Morgan fingerprint density at radius 2 is 2.05 bits per heavy atom. The second kappa shape index (κ2) is 5.24. The molecule has 1 aromatic rings. The number of aliphatic carboxylic acids is 1. The summed E-state index contributed by atoms with van der Waals surface area (Å²) in [5.41, 5.74) is -0.809. The number of rotatable bonds is 4. The fourth-order valence-electron chi connectivity index (χ4n) is 1.38. The summed E-state index contributed by atoms with van der Waals surface area (Å²) in [6, 6.07) is 7.31. The van der Waals surface area contributed by atoms with Crippen molar-refractivity contribution in [2.75, 3.05) is 0 Å². The molecule has 0 spiro atoms. The molecule has 0 saturated heterocycles. The van der Waals surface area contributed by atoms with E-state index in [-0.39, 0.29) is 4.90 Å². The van der Waals surface area contributed by atoms with Crippen molar-refractivity contribution >= 4 is 15.8 Å². The molecule has 0 aliphatic heterocycles. The molecule has 6 heteroatoms. The quantitative estimate of drug-likeness (QED) is 0.849. The molecule has 0 unspecified atom stereocenters. The van der Waals surface area contributed by atoms with Gasteiger partial charge in [0.25, 0.3) is 0 Å². The van der Waals surface area contributed by atoms with E-state index in [1.807, 2.05) is 0 Å². The van der Waals surface area contributed by atoms with Crippen LogP contribution in [0, 0.1) is 11.3 Å². The van der Waals surface area contributed by atoms with E-state index in [0.717, 1.165) is 11.5 Å². The number of benzene rings is 1. The standard InChI is InChI=1S/C13H13NO4S/c1-13(2,12(15)16)10-5-3-6-11(9-10)19(17,18)8-4-7-14/h3-6,8-9H,1-2H3,(H,15,16). The highest BCUT2D eigenvalue weighted by atomic mass is 32.2. The molecule has 1 N–H and O–H groups in total. The fraction of sp³-hybridized carbons (Fsp3) is 0.231. The molecule has 1 aromatic carbocycles. The van der Waals surface area contributed by atoms with Crippen LogP contribution in [-0.4, -0.2) is 19.5 Å². The minimum absolute atomic E-state index is 0.0363. The van der Waals surface area contributed by atoms with Crippen molar-refractivity contribution in [3.63, 3.8) is 0 Å². The fourth-order valence-corrected chi connectivity index (χ4v) is 2.34. The van der Waals surface area contributed by atoms with E-state index < -0.39 is 21.2 Å². The first-order chi connectivity index (χ1) is 8.71. The number of sulfone groups is 1. The molecule has 19 heavy (non-hydrogen) atoms. The number of allylic oxidation sites excluding steroid dienone is 1. The predicted octanol–water partition coefficient (Wildman–Crippen LogP) is 1.86. The summed E-state index contributed by atoms with van der Waals surface area (Å²) in [5.74, 6) is -1.05. The lowest BCUT2D eigenvalue weighted by atomic mass is 9.85. The molecular formula is C13H13NO4S. The molecular weight excluding hydrogens is 266 g/mol. The van der Waals surface area contributed by atoms with E-state index in [1.54, 1.807) is 12.1 Å². The van der Waals surface area contributed by atoms with Gasteiger partial charge in [0, 0.05) is 11.5 Å². The largest absolute Gasteiger partial charge is 0.481 e. The zero-order valence-corrected chi connectivity index (χ0v) is 11.3. The molecule has 0 radical (unpaired) electrons. The van der Waals surface area contributed by atoms with Crippen LogP contribution in [0.15, 0.2) is 40.6 Å². The van der Waals surface area contributed by atoms with Gasteiger partial charge in [-0.05, 0) is 31.5 Å². The summed E-state index contributed by atoms with van der Waals surface area (Å²) >= 11 is 0. The van der Waals surface area contributed by atoms with E-state index in [4.69, 9.17) is 10.4 Å². The van der Waals surface area contributed by atoms with Gasteiger partial charge < -0.3 is 5.11 Å². The van der Waals surface area contributed by atoms with E-state index in [2.05, 4.69) is 0 Å². The zero-order valence-electron chi connectivity index (χ0n) is 10.5. The maximum absolute atomic E-state index is 11.9. The van der Waals surface area contributed by atoms with Crippen LogP contribution >= 0.6 is 0 Å². The summed E-state index contributed by atoms with van der Waals surface area (Å²) in [4.78, 5) is 11.1. The molecule has 0 aliphatic rings. The van der Waals surface area contributed by atoms with Gasteiger partial charge in [0.1, 0.15) is 0 Å². The number of hydrogen-bond acceptors (Lipinski definition) is 4. The van der Waals surface area contributed by atoms with Gasteiger partial charge in [-0.3, -0.25) is 4.79 Å². The summed E-state index contributed by atoms with van der Waals surface area (Å²) in [7, 11) is -3.73. The first-order valence-corrected chi connectivity index (χ1v) is 6.91. The van der Waals surface area contributed by atoms with Gasteiger partial charge in [-0.15, -0.1) is 0 Å². The summed E-state index contributed by atoms with van der Waals surface area (Å²) < 4.78 is 23.7. The Kier molecular flexibility index (Phi) is 4.12. The molecule has 0 saturated carbocycles. The van der Waals surface area contributed by atoms with Crippen molar-refractivity contribution in [3.05, 3.63) is 41.3 Å². The number of carboxylic acids is 1. The van der Waals surface area contributed by atoms with Crippen LogP contribution in [0.25, 0.3) is 0 Å². The van der Waals surface area contributed by atoms with Crippen LogP contribution < -0.4 is 0 Å². The Bertz CT molecular complexity index is 666. The Labute approximate surface area is 111 Å². The van der Waals surface area contributed by atoms with Gasteiger partial charge in [0.2, 0.25) is 9.84 Å². The maximum Gasteiger partial charge on any atom is 0.313 e. The highest BCUT2D eigenvalue weighted by Crippen LogP contribution is 2.26. The van der Waals surface area contributed by atoms with Crippen LogP contribution in [0.1, 0.15) is 19.4 Å². The first-order valence-electron chi connectivity index (χ1n) is 5.37. The van der Waals surface area contributed by atoms with Crippen LogP contribution in [0.3, 0.4) is 0 Å². The minimum atomic E-state index is -3.73. The van der Waals surface area contributed by atoms with Crippen molar-refractivity contribution in [3.8, 4) is 6.07 Å². The molecule has 1 rings (SSSR count). The molecule has 0 heterocycles. The molecule has 0 aliphatic carbocycles. The summed E-state index contributed by atoms with van der Waals surface area (Å²) in [6.07, 6.45) is 0.865. The van der Waals surface area contributed by atoms with Gasteiger partial charge in [-0.1, -0.05) is 12.1 Å². The second-order valence-electron chi connectivity index (χ2n) is 4.43. The highest BCUT2D eigenvalue weighted by Gasteiger charge is 2.30. The molecule has 0 fully saturated rings. The summed E-state index contributed by atoms with van der Waals surface area (Å²) in [5, 5.41) is 18.3. The van der Waals surface area contributed by atoms with E-state index in [1.165, 1.54) is 32.0 Å². The van der Waals surface area contributed by atoms with Crippen LogP contribution in [0.2, 0.25) is 0 Å². The molecule has 5 nitrogen and oxygen atoms in total. The molecule has 100 valence electrons. The highest BCUT2D eigenvalue weighted by molar-refractivity contribution is 7.94. The lowest BCUT2D eigenvalue weighted by Crippen LogP contribution is -2.28. The molecule has 0 aromatic heterocycles. The Balaban J connectivity index is 3.34. The van der Waals surface area contributed by atoms with Crippen molar-refractivity contribution in [1.29, 1.82) is 5.26 Å². The Hall–Kier alpha value is -2.13. The van der Waals surface area contributed by atoms with Gasteiger partial charge >= 0.3 is 5.97 Å². The average molecular weight is 279 g/mol. The first kappa shape index (κ1) is 14.9.